The van der Waals surface area contributed by atoms with Gasteiger partial charge in [-0.3, -0.25) is 14.6 Å². The molecule has 1 aliphatic rings. The Morgan fingerprint density at radius 1 is 1.17 bits per heavy atom. The first kappa shape index (κ1) is 20.8. The van der Waals surface area contributed by atoms with E-state index in [-0.39, 0.29) is 18.4 Å². The van der Waals surface area contributed by atoms with E-state index >= 15 is 0 Å². The number of carbonyl (C=O) groups is 2. The number of likely N-dealkylation sites (tertiary alicyclic amines) is 1. The van der Waals surface area contributed by atoms with Gasteiger partial charge in [0.15, 0.2) is 6.61 Å². The van der Waals surface area contributed by atoms with Crippen LogP contribution in [0.1, 0.15) is 42.1 Å². The molecule has 0 spiro atoms. The summed E-state index contributed by atoms with van der Waals surface area (Å²) in [6.45, 7) is 4.19. The molecule has 0 atom stereocenters. The molecular formula is C23H29N3O3. The van der Waals surface area contributed by atoms with Gasteiger partial charge in [0.25, 0.3) is 11.8 Å². The second-order valence-electron chi connectivity index (χ2n) is 7.46. The molecule has 2 heterocycles. The summed E-state index contributed by atoms with van der Waals surface area (Å²) in [7, 11) is 0. The Morgan fingerprint density at radius 2 is 1.93 bits per heavy atom. The van der Waals surface area contributed by atoms with Crippen molar-refractivity contribution < 1.29 is 14.3 Å². The normalized spacial score (nSPS) is 14.4. The summed E-state index contributed by atoms with van der Waals surface area (Å²) in [5.41, 5.74) is 1.90. The van der Waals surface area contributed by atoms with Crippen LogP contribution in [-0.4, -0.2) is 47.9 Å². The van der Waals surface area contributed by atoms with Crippen LogP contribution in [0.3, 0.4) is 0 Å². The third-order valence-electron chi connectivity index (χ3n) is 5.23. The molecule has 154 valence electrons. The maximum Gasteiger partial charge on any atom is 0.257 e. The summed E-state index contributed by atoms with van der Waals surface area (Å²) in [6.07, 6.45) is 7.19. The molecular weight excluding hydrogens is 366 g/mol. The molecule has 0 radical (unpaired) electrons. The quantitative estimate of drug-likeness (QED) is 0.746. The number of piperidine rings is 1. The van der Waals surface area contributed by atoms with E-state index in [0.717, 1.165) is 25.7 Å². The van der Waals surface area contributed by atoms with Crippen LogP contribution in [0.4, 0.5) is 0 Å². The summed E-state index contributed by atoms with van der Waals surface area (Å²) < 4.78 is 5.57. The highest BCUT2D eigenvalue weighted by Crippen LogP contribution is 2.18. The Bertz CT molecular complexity index is 785. The van der Waals surface area contributed by atoms with Crippen LogP contribution >= 0.6 is 0 Å². The van der Waals surface area contributed by atoms with Crippen molar-refractivity contribution in [3.8, 4) is 5.75 Å². The molecule has 2 amide bonds. The molecule has 0 saturated carbocycles. The Hall–Kier alpha value is -2.89. The summed E-state index contributed by atoms with van der Waals surface area (Å²) >= 11 is 0. The van der Waals surface area contributed by atoms with Gasteiger partial charge in [-0.05, 0) is 55.0 Å². The number of rotatable bonds is 8. The molecule has 1 saturated heterocycles. The Balaban J connectivity index is 1.34. The maximum atomic E-state index is 12.4. The van der Waals surface area contributed by atoms with Gasteiger partial charge in [0, 0.05) is 32.0 Å². The van der Waals surface area contributed by atoms with Crippen LogP contribution in [0, 0.1) is 5.92 Å². The molecule has 1 aromatic carbocycles. The summed E-state index contributed by atoms with van der Waals surface area (Å²) in [4.78, 5) is 30.4. The average molecular weight is 396 g/mol. The standard InChI is InChI=1S/C23H29N3O3/c1-2-4-18-6-8-21(9-7-18)29-17-22(27)25-15-19-10-13-26(14-11-19)23(28)20-5-3-12-24-16-20/h3,5-9,12,16,19H,2,4,10-11,13-15,17H2,1H3,(H,25,27). The molecule has 2 aromatic rings. The van der Waals surface area contributed by atoms with Gasteiger partial charge in [-0.1, -0.05) is 25.5 Å². The van der Waals surface area contributed by atoms with E-state index in [9.17, 15) is 9.59 Å². The monoisotopic (exact) mass is 395 g/mol. The van der Waals surface area contributed by atoms with Gasteiger partial charge < -0.3 is 15.0 Å². The number of hydrogen-bond donors (Lipinski definition) is 1. The number of nitrogens with one attached hydrogen (secondary N) is 1. The third-order valence-corrected chi connectivity index (χ3v) is 5.23. The van der Waals surface area contributed by atoms with Gasteiger partial charge >= 0.3 is 0 Å². The number of carbonyl (C=O) groups excluding carboxylic acids is 2. The van der Waals surface area contributed by atoms with Crippen LogP contribution in [-0.2, 0) is 11.2 Å². The molecule has 29 heavy (non-hydrogen) atoms. The first-order valence-electron chi connectivity index (χ1n) is 10.3. The van der Waals surface area contributed by atoms with Crippen LogP contribution < -0.4 is 10.1 Å². The molecule has 1 aliphatic heterocycles. The van der Waals surface area contributed by atoms with Crippen LogP contribution in [0.25, 0.3) is 0 Å². The number of ether oxygens (including phenoxy) is 1. The van der Waals surface area contributed by atoms with Crippen molar-refractivity contribution in [1.29, 1.82) is 0 Å². The SMILES string of the molecule is CCCc1ccc(OCC(=O)NCC2CCN(C(=O)c3cccnc3)CC2)cc1. The number of hydrogen-bond acceptors (Lipinski definition) is 4. The van der Waals surface area contributed by atoms with E-state index in [1.807, 2.05) is 29.2 Å². The molecule has 6 nitrogen and oxygen atoms in total. The summed E-state index contributed by atoms with van der Waals surface area (Å²) in [6, 6.07) is 11.5. The van der Waals surface area contributed by atoms with Crippen molar-refractivity contribution in [3.05, 3.63) is 59.9 Å². The van der Waals surface area contributed by atoms with Gasteiger partial charge in [0.2, 0.25) is 0 Å². The van der Waals surface area contributed by atoms with E-state index in [4.69, 9.17) is 4.74 Å². The van der Waals surface area contributed by atoms with Gasteiger partial charge in [0.1, 0.15) is 5.75 Å². The zero-order valence-electron chi connectivity index (χ0n) is 17.0. The van der Waals surface area contributed by atoms with E-state index in [2.05, 4.69) is 17.2 Å². The molecule has 3 rings (SSSR count). The van der Waals surface area contributed by atoms with Crippen molar-refractivity contribution in [2.24, 2.45) is 5.92 Å². The van der Waals surface area contributed by atoms with Crippen molar-refractivity contribution in [1.82, 2.24) is 15.2 Å². The van der Waals surface area contributed by atoms with Crippen molar-refractivity contribution in [3.63, 3.8) is 0 Å². The van der Waals surface area contributed by atoms with Crippen molar-refractivity contribution in [2.75, 3.05) is 26.2 Å². The highest BCUT2D eigenvalue weighted by Gasteiger charge is 2.24. The minimum absolute atomic E-state index is 0.0193. The van der Waals surface area contributed by atoms with Crippen LogP contribution in [0.2, 0.25) is 0 Å². The minimum atomic E-state index is -0.114. The third kappa shape index (κ3) is 6.31. The number of benzene rings is 1. The van der Waals surface area contributed by atoms with Crippen molar-refractivity contribution in [2.45, 2.75) is 32.6 Å². The number of amides is 2. The largest absolute Gasteiger partial charge is 0.484 e. The molecule has 1 aromatic heterocycles. The maximum absolute atomic E-state index is 12.4. The molecule has 0 unspecified atom stereocenters. The molecule has 6 heteroatoms. The van der Waals surface area contributed by atoms with Gasteiger partial charge in [-0.2, -0.15) is 0 Å². The minimum Gasteiger partial charge on any atom is -0.484 e. The number of aryl methyl sites for hydroxylation is 1. The molecule has 1 N–H and O–H groups in total. The Labute approximate surface area is 172 Å². The predicted octanol–water partition coefficient (Wildman–Crippen LogP) is 3.08. The van der Waals surface area contributed by atoms with Crippen LogP contribution in [0.5, 0.6) is 5.75 Å². The highest BCUT2D eigenvalue weighted by molar-refractivity contribution is 5.93. The lowest BCUT2D eigenvalue weighted by molar-refractivity contribution is -0.123. The van der Waals surface area contributed by atoms with Gasteiger partial charge in [-0.15, -0.1) is 0 Å². The lowest BCUT2D eigenvalue weighted by Gasteiger charge is -2.32. The van der Waals surface area contributed by atoms with Gasteiger partial charge in [0.05, 0.1) is 5.56 Å². The second-order valence-corrected chi connectivity index (χ2v) is 7.46. The number of pyridine rings is 1. The fourth-order valence-electron chi connectivity index (χ4n) is 3.51. The lowest BCUT2D eigenvalue weighted by Crippen LogP contribution is -2.42. The van der Waals surface area contributed by atoms with Crippen LogP contribution in [0.15, 0.2) is 48.8 Å². The fourth-order valence-corrected chi connectivity index (χ4v) is 3.51. The van der Waals surface area contributed by atoms with E-state index in [0.29, 0.717) is 36.9 Å². The number of aromatic nitrogens is 1. The predicted molar refractivity (Wildman–Crippen MR) is 112 cm³/mol. The Kier molecular flexibility index (Phi) is 7.61. The fraction of sp³-hybridized carbons (Fsp3) is 0.435. The summed E-state index contributed by atoms with van der Waals surface area (Å²) in [5.74, 6) is 1.00. The zero-order chi connectivity index (χ0) is 20.5. The average Bonchev–Trinajstić information content (AvgIpc) is 2.78. The molecule has 0 aliphatic carbocycles. The van der Waals surface area contributed by atoms with Gasteiger partial charge in [-0.25, -0.2) is 0 Å². The lowest BCUT2D eigenvalue weighted by atomic mass is 9.96. The first-order valence-corrected chi connectivity index (χ1v) is 10.3. The molecule has 1 fully saturated rings. The summed E-state index contributed by atoms with van der Waals surface area (Å²) in [5, 5.41) is 2.95. The number of nitrogens with zero attached hydrogens (tertiary/aromatic N) is 2. The first-order chi connectivity index (χ1) is 14.2. The van der Waals surface area contributed by atoms with Crippen molar-refractivity contribution >= 4 is 11.8 Å². The zero-order valence-corrected chi connectivity index (χ0v) is 17.0. The van der Waals surface area contributed by atoms with E-state index in [1.54, 1.807) is 24.5 Å². The highest BCUT2D eigenvalue weighted by atomic mass is 16.5. The van der Waals surface area contributed by atoms with E-state index in [1.165, 1.54) is 5.56 Å². The molecule has 0 bridgehead atoms. The topological polar surface area (TPSA) is 71.5 Å². The smallest absolute Gasteiger partial charge is 0.257 e. The van der Waals surface area contributed by atoms with E-state index < -0.39 is 0 Å². The Morgan fingerprint density at radius 3 is 2.59 bits per heavy atom. The second kappa shape index (κ2) is 10.6.